The molecule has 3 nitrogen and oxygen atoms in total. The van der Waals surface area contributed by atoms with E-state index in [4.69, 9.17) is 0 Å². The summed E-state index contributed by atoms with van der Waals surface area (Å²) in [6, 6.07) is 32.4. The minimum Gasteiger partial charge on any atom is -0.345 e. The molecule has 1 amide bonds. The van der Waals surface area contributed by atoms with Gasteiger partial charge in [-0.25, -0.2) is 0 Å². The molecule has 0 aliphatic rings. The maximum Gasteiger partial charge on any atom is 0.416 e. The number of alkyl halides is 3. The summed E-state index contributed by atoms with van der Waals surface area (Å²) in [6.45, 7) is 0.989. The van der Waals surface area contributed by atoms with Crippen molar-refractivity contribution in [2.24, 2.45) is 0 Å². The molecule has 1 aromatic heterocycles. The molecule has 186 valence electrons. The number of amides is 1. The van der Waals surface area contributed by atoms with Gasteiger partial charge in [-0.3, -0.25) is 4.79 Å². The summed E-state index contributed by atoms with van der Waals surface area (Å²) in [4.78, 5) is 15.5. The fraction of sp³-hybridized carbons (Fsp3) is 0.129. The van der Waals surface area contributed by atoms with Crippen LogP contribution >= 0.6 is 0 Å². The Balaban J connectivity index is 1.43. The number of rotatable bonds is 7. The summed E-state index contributed by atoms with van der Waals surface area (Å²) in [7, 11) is 0. The summed E-state index contributed by atoms with van der Waals surface area (Å²) in [5.41, 5.74) is 2.29. The van der Waals surface area contributed by atoms with E-state index in [9.17, 15) is 18.0 Å². The fourth-order valence-electron chi connectivity index (χ4n) is 4.49. The molecule has 0 unspecified atom stereocenters. The zero-order valence-electron chi connectivity index (χ0n) is 20.0. The molecule has 0 fully saturated rings. The summed E-state index contributed by atoms with van der Waals surface area (Å²) in [5, 5.41) is 2.05. The highest BCUT2D eigenvalue weighted by Gasteiger charge is 2.30. The minimum absolute atomic E-state index is 0.110. The van der Waals surface area contributed by atoms with E-state index < -0.39 is 11.7 Å². The van der Waals surface area contributed by atoms with E-state index in [1.165, 1.54) is 12.1 Å². The number of aromatic nitrogens is 1. The molecule has 6 heteroatoms. The van der Waals surface area contributed by atoms with Crippen LogP contribution in [0, 0.1) is 0 Å². The fourth-order valence-corrected chi connectivity index (χ4v) is 4.49. The van der Waals surface area contributed by atoms with Crippen LogP contribution in [0.15, 0.2) is 115 Å². The van der Waals surface area contributed by atoms with Crippen LogP contribution in [0.2, 0.25) is 0 Å². The predicted molar refractivity (Wildman–Crippen MR) is 139 cm³/mol. The second kappa shape index (κ2) is 10.3. The van der Waals surface area contributed by atoms with E-state index in [-0.39, 0.29) is 12.5 Å². The first-order chi connectivity index (χ1) is 17.9. The Labute approximate surface area is 213 Å². The molecular weight excluding hydrogens is 473 g/mol. The molecule has 0 atom stereocenters. The van der Waals surface area contributed by atoms with E-state index in [2.05, 4.69) is 0 Å². The number of carbonyl (C=O) groups is 1. The van der Waals surface area contributed by atoms with Crippen molar-refractivity contribution in [2.45, 2.75) is 25.8 Å². The average Bonchev–Trinajstić information content (AvgIpc) is 3.34. The molecule has 5 rings (SSSR count). The molecule has 0 N–H and O–H groups in total. The van der Waals surface area contributed by atoms with Gasteiger partial charge in [0.1, 0.15) is 0 Å². The van der Waals surface area contributed by atoms with E-state index in [0.717, 1.165) is 28.1 Å². The van der Waals surface area contributed by atoms with Gasteiger partial charge >= 0.3 is 6.18 Å². The third-order valence-corrected chi connectivity index (χ3v) is 6.38. The normalized spacial score (nSPS) is 11.5. The van der Waals surface area contributed by atoms with Gasteiger partial charge in [-0.05, 0) is 58.3 Å². The lowest BCUT2D eigenvalue weighted by Crippen LogP contribution is -2.31. The lowest BCUT2D eigenvalue weighted by atomic mass is 10.1. The number of carbonyl (C=O) groups excluding carboxylic acids is 1. The highest BCUT2D eigenvalue weighted by atomic mass is 19.4. The van der Waals surface area contributed by atoms with Crippen LogP contribution in [0.4, 0.5) is 13.2 Å². The summed E-state index contributed by atoms with van der Waals surface area (Å²) < 4.78 is 41.5. The van der Waals surface area contributed by atoms with Gasteiger partial charge in [-0.15, -0.1) is 0 Å². The Bertz CT molecular complexity index is 1520. The van der Waals surface area contributed by atoms with E-state index >= 15 is 0 Å². The number of halogens is 3. The van der Waals surface area contributed by atoms with Crippen LogP contribution < -0.4 is 0 Å². The van der Waals surface area contributed by atoms with Gasteiger partial charge in [0.25, 0.3) is 5.91 Å². The monoisotopic (exact) mass is 498 g/mol. The molecular formula is C31H25F3N2O. The van der Waals surface area contributed by atoms with E-state index in [0.29, 0.717) is 24.2 Å². The van der Waals surface area contributed by atoms with Crippen molar-refractivity contribution in [2.75, 3.05) is 0 Å². The van der Waals surface area contributed by atoms with E-state index in [1.54, 1.807) is 11.0 Å². The van der Waals surface area contributed by atoms with Gasteiger partial charge in [0.15, 0.2) is 0 Å². The SMILES string of the molecule is O=C(c1ccc2ccccc2c1)N(Cc1ccccc1)Cc1cccn1Cc1cccc(C(F)(F)F)c1. The second-order valence-electron chi connectivity index (χ2n) is 9.03. The zero-order chi connectivity index (χ0) is 25.8. The third-order valence-electron chi connectivity index (χ3n) is 6.38. The Morgan fingerprint density at radius 2 is 1.43 bits per heavy atom. The Morgan fingerprint density at radius 1 is 0.703 bits per heavy atom. The third kappa shape index (κ3) is 5.75. The van der Waals surface area contributed by atoms with Gasteiger partial charge in [0.2, 0.25) is 0 Å². The lowest BCUT2D eigenvalue weighted by Gasteiger charge is -2.24. The first-order valence-corrected chi connectivity index (χ1v) is 12.0. The molecule has 4 aromatic carbocycles. The van der Waals surface area contributed by atoms with Crippen molar-refractivity contribution in [3.8, 4) is 0 Å². The number of fused-ring (bicyclic) bond motifs is 1. The van der Waals surface area contributed by atoms with Gasteiger partial charge in [0.05, 0.1) is 12.1 Å². The van der Waals surface area contributed by atoms with Crippen molar-refractivity contribution in [1.82, 2.24) is 9.47 Å². The molecule has 0 bridgehead atoms. The van der Waals surface area contributed by atoms with Crippen LogP contribution in [-0.2, 0) is 25.8 Å². The molecule has 0 spiro atoms. The molecule has 37 heavy (non-hydrogen) atoms. The lowest BCUT2D eigenvalue weighted by molar-refractivity contribution is -0.137. The van der Waals surface area contributed by atoms with Crippen LogP contribution in [-0.4, -0.2) is 15.4 Å². The minimum atomic E-state index is -4.39. The summed E-state index contributed by atoms with van der Waals surface area (Å²) >= 11 is 0. The standard InChI is InChI=1S/C31H25F3N2O/c32-31(33,34)28-13-6-10-24(18-28)21-35-17-7-14-29(35)22-36(20-23-8-2-1-3-9-23)30(37)27-16-15-25-11-4-5-12-26(25)19-27/h1-19H,20-22H2. The second-order valence-corrected chi connectivity index (χ2v) is 9.03. The van der Waals surface area contributed by atoms with Gasteiger partial charge in [-0.1, -0.05) is 72.8 Å². The number of hydrogen-bond acceptors (Lipinski definition) is 1. The van der Waals surface area contributed by atoms with Crippen molar-refractivity contribution in [3.05, 3.63) is 143 Å². The first-order valence-electron chi connectivity index (χ1n) is 12.0. The number of hydrogen-bond donors (Lipinski definition) is 0. The number of nitrogens with zero attached hydrogens (tertiary/aromatic N) is 2. The van der Waals surface area contributed by atoms with Crippen molar-refractivity contribution in [1.29, 1.82) is 0 Å². The van der Waals surface area contributed by atoms with Gasteiger partial charge in [0, 0.05) is 30.5 Å². The quantitative estimate of drug-likeness (QED) is 0.227. The van der Waals surface area contributed by atoms with Crippen LogP contribution in [0.5, 0.6) is 0 Å². The average molecular weight is 499 g/mol. The molecule has 0 saturated heterocycles. The topological polar surface area (TPSA) is 25.2 Å². The molecule has 0 radical (unpaired) electrons. The maximum absolute atomic E-state index is 13.7. The summed E-state index contributed by atoms with van der Waals surface area (Å²) in [6.07, 6.45) is -2.56. The van der Waals surface area contributed by atoms with Gasteiger partial charge < -0.3 is 9.47 Å². The van der Waals surface area contributed by atoms with E-state index in [1.807, 2.05) is 95.7 Å². The Kier molecular flexibility index (Phi) is 6.82. The van der Waals surface area contributed by atoms with Crippen molar-refractivity contribution < 1.29 is 18.0 Å². The molecule has 0 aliphatic heterocycles. The largest absolute Gasteiger partial charge is 0.416 e. The Hall–Kier alpha value is -4.32. The molecule has 1 heterocycles. The van der Waals surface area contributed by atoms with Crippen LogP contribution in [0.1, 0.15) is 32.7 Å². The smallest absolute Gasteiger partial charge is 0.345 e. The zero-order valence-corrected chi connectivity index (χ0v) is 20.0. The van der Waals surface area contributed by atoms with Crippen LogP contribution in [0.25, 0.3) is 10.8 Å². The predicted octanol–water partition coefficient (Wildman–Crippen LogP) is 7.55. The van der Waals surface area contributed by atoms with Gasteiger partial charge in [-0.2, -0.15) is 13.2 Å². The van der Waals surface area contributed by atoms with Crippen LogP contribution in [0.3, 0.4) is 0 Å². The molecule has 0 aliphatic carbocycles. The summed E-state index contributed by atoms with van der Waals surface area (Å²) in [5.74, 6) is -0.110. The van der Waals surface area contributed by atoms with Crippen molar-refractivity contribution in [3.63, 3.8) is 0 Å². The molecule has 0 saturated carbocycles. The molecule has 5 aromatic rings. The highest BCUT2D eigenvalue weighted by Crippen LogP contribution is 2.30. The first kappa shape index (κ1) is 24.4. The number of benzene rings is 4. The highest BCUT2D eigenvalue weighted by molar-refractivity contribution is 5.98. The van der Waals surface area contributed by atoms with Crippen molar-refractivity contribution >= 4 is 16.7 Å². The maximum atomic E-state index is 13.7. The Morgan fingerprint density at radius 3 is 2.22 bits per heavy atom.